The van der Waals surface area contributed by atoms with E-state index in [0.717, 1.165) is 38.5 Å². The zero-order valence-corrected chi connectivity index (χ0v) is 53.5. The van der Waals surface area contributed by atoms with E-state index < -0.39 is 12.1 Å². The molecule has 1 amide bonds. The van der Waals surface area contributed by atoms with Gasteiger partial charge in [-0.1, -0.05) is 397 Å². The van der Waals surface area contributed by atoms with Crippen LogP contribution in [0.15, 0.2) is 36.5 Å². The van der Waals surface area contributed by atoms with Crippen molar-refractivity contribution in [1.29, 1.82) is 0 Å². The number of nitrogens with one attached hydrogen (secondary N) is 1. The van der Waals surface area contributed by atoms with Crippen LogP contribution in [0.2, 0.25) is 0 Å². The van der Waals surface area contributed by atoms with Crippen LogP contribution < -0.4 is 5.32 Å². The maximum Gasteiger partial charge on any atom is 0.220 e. The highest BCUT2D eigenvalue weighted by Gasteiger charge is 2.18. The topological polar surface area (TPSA) is 69.6 Å². The van der Waals surface area contributed by atoms with E-state index in [1.807, 2.05) is 6.08 Å². The summed E-state index contributed by atoms with van der Waals surface area (Å²) in [6.45, 7) is 4.35. The molecule has 4 heteroatoms. The first-order chi connectivity index (χ1) is 38.7. The first-order valence-electron chi connectivity index (χ1n) is 36.2. The summed E-state index contributed by atoms with van der Waals surface area (Å²) < 4.78 is 0. The normalized spacial score (nSPS) is 12.8. The predicted molar refractivity (Wildman–Crippen MR) is 350 cm³/mol. The maximum absolute atomic E-state index is 12.5. The zero-order chi connectivity index (χ0) is 56.2. The van der Waals surface area contributed by atoms with Gasteiger partial charge in [0.15, 0.2) is 0 Å². The molecule has 0 aromatic carbocycles. The summed E-state index contributed by atoms with van der Waals surface area (Å²) >= 11 is 0. The zero-order valence-electron chi connectivity index (χ0n) is 53.5. The van der Waals surface area contributed by atoms with Crippen molar-refractivity contribution in [3.63, 3.8) is 0 Å². The van der Waals surface area contributed by atoms with Gasteiger partial charge in [0.25, 0.3) is 0 Å². The van der Waals surface area contributed by atoms with Gasteiger partial charge < -0.3 is 15.5 Å². The second-order valence-corrected chi connectivity index (χ2v) is 25.0. The molecular formula is C74H143NO3. The van der Waals surface area contributed by atoms with Gasteiger partial charge in [-0.25, -0.2) is 0 Å². The van der Waals surface area contributed by atoms with Crippen LogP contribution in [0.5, 0.6) is 0 Å². The van der Waals surface area contributed by atoms with Crippen molar-refractivity contribution in [2.75, 3.05) is 6.61 Å². The summed E-state index contributed by atoms with van der Waals surface area (Å²) in [5, 5.41) is 23.3. The van der Waals surface area contributed by atoms with Crippen molar-refractivity contribution in [2.24, 2.45) is 0 Å². The third kappa shape index (κ3) is 65.4. The molecule has 0 radical (unpaired) electrons. The predicted octanol–water partition coefficient (Wildman–Crippen LogP) is 24.7. The standard InChI is InChI=1S/C74H143NO3/c1-3-5-7-9-11-13-15-17-19-21-23-25-27-29-31-33-34-35-36-37-38-39-40-42-44-46-48-50-52-54-56-58-60-62-64-66-68-70-74(78)75-72(71-76)73(77)69-67-65-63-61-59-57-55-53-51-49-47-45-43-41-32-30-28-26-24-22-20-18-16-14-12-10-8-6-4-2/h51,53,59,61,67,69,72-73,76-77H,3-50,52,54-58,60,62-66,68,70-71H2,1-2H3,(H,75,78)/b53-51+,61-59+,69-67+. The average Bonchev–Trinajstić information content (AvgIpc) is 3.44. The molecule has 0 aliphatic heterocycles. The van der Waals surface area contributed by atoms with Crippen molar-refractivity contribution in [1.82, 2.24) is 5.32 Å². The number of unbranched alkanes of at least 4 members (excludes halogenated alkanes) is 57. The molecule has 0 aliphatic carbocycles. The van der Waals surface area contributed by atoms with Gasteiger partial charge in [0.05, 0.1) is 18.8 Å². The van der Waals surface area contributed by atoms with E-state index in [1.165, 1.54) is 353 Å². The Morgan fingerprint density at radius 1 is 0.295 bits per heavy atom. The van der Waals surface area contributed by atoms with Gasteiger partial charge in [0, 0.05) is 6.42 Å². The molecule has 0 aromatic rings. The Labute approximate surface area is 491 Å². The minimum absolute atomic E-state index is 0.0691. The van der Waals surface area contributed by atoms with E-state index in [1.54, 1.807) is 6.08 Å². The quantitative estimate of drug-likeness (QED) is 0.0420. The highest BCUT2D eigenvalue weighted by Crippen LogP contribution is 2.19. The van der Waals surface area contributed by atoms with Crippen LogP contribution in [0.4, 0.5) is 0 Å². The minimum atomic E-state index is -0.871. The van der Waals surface area contributed by atoms with Crippen LogP contribution in [0.1, 0.15) is 412 Å². The molecule has 0 aromatic heterocycles. The van der Waals surface area contributed by atoms with Gasteiger partial charge in [-0.3, -0.25) is 4.79 Å². The Morgan fingerprint density at radius 3 is 0.744 bits per heavy atom. The third-order valence-electron chi connectivity index (χ3n) is 17.1. The molecule has 462 valence electrons. The SMILES string of the molecule is CCCCCCCCCCCCCCCCCCCCC/C=C/CC/C=C/CC/C=C/C(O)C(CO)NC(=O)CCCCCCCCCCCCCCCCCCCCCCCCCCCCCCCCCCCCCCC. The first-order valence-corrected chi connectivity index (χ1v) is 36.2. The Kier molecular flexibility index (Phi) is 68.6. The molecule has 0 spiro atoms. The smallest absolute Gasteiger partial charge is 0.220 e. The number of carbonyl (C=O) groups excluding carboxylic acids is 1. The van der Waals surface area contributed by atoms with E-state index >= 15 is 0 Å². The lowest BCUT2D eigenvalue weighted by molar-refractivity contribution is -0.123. The Hall–Kier alpha value is -1.39. The molecule has 0 bridgehead atoms. The summed E-state index contributed by atoms with van der Waals surface area (Å²) in [5.74, 6) is -0.0691. The second kappa shape index (κ2) is 69.9. The van der Waals surface area contributed by atoms with Crippen LogP contribution in [0.3, 0.4) is 0 Å². The molecule has 3 N–H and O–H groups in total. The number of hydrogen-bond acceptors (Lipinski definition) is 3. The van der Waals surface area contributed by atoms with Crippen molar-refractivity contribution in [3.05, 3.63) is 36.5 Å². The fourth-order valence-corrected chi connectivity index (χ4v) is 11.6. The fourth-order valence-electron chi connectivity index (χ4n) is 11.6. The lowest BCUT2D eigenvalue weighted by atomic mass is 10.0. The van der Waals surface area contributed by atoms with Crippen molar-refractivity contribution < 1.29 is 15.0 Å². The van der Waals surface area contributed by atoms with Crippen LogP contribution in [0, 0.1) is 0 Å². The number of amides is 1. The maximum atomic E-state index is 12.5. The molecule has 0 saturated carbocycles. The van der Waals surface area contributed by atoms with Gasteiger partial charge in [-0.15, -0.1) is 0 Å². The van der Waals surface area contributed by atoms with Gasteiger partial charge >= 0.3 is 0 Å². The van der Waals surface area contributed by atoms with E-state index in [-0.39, 0.29) is 12.5 Å². The number of rotatable bonds is 68. The van der Waals surface area contributed by atoms with Crippen molar-refractivity contribution >= 4 is 5.91 Å². The van der Waals surface area contributed by atoms with Crippen molar-refractivity contribution in [3.8, 4) is 0 Å². The summed E-state index contributed by atoms with van der Waals surface area (Å²) in [5.41, 5.74) is 0. The highest BCUT2D eigenvalue weighted by atomic mass is 16.3. The molecule has 0 aliphatic rings. The Balaban J connectivity index is 3.43. The fraction of sp³-hybridized carbons (Fsp3) is 0.905. The Bertz CT molecular complexity index is 1190. The number of hydrogen-bond donors (Lipinski definition) is 3. The van der Waals surface area contributed by atoms with E-state index in [2.05, 4.69) is 43.5 Å². The summed E-state index contributed by atoms with van der Waals surface area (Å²) in [6, 6.07) is -0.646. The van der Waals surface area contributed by atoms with Crippen LogP contribution in [-0.4, -0.2) is 34.9 Å². The molecule has 78 heavy (non-hydrogen) atoms. The molecule has 2 unspecified atom stereocenters. The molecule has 0 heterocycles. The highest BCUT2D eigenvalue weighted by molar-refractivity contribution is 5.76. The number of aliphatic hydroxyl groups is 2. The summed E-state index contributed by atoms with van der Waals surface area (Å²) in [4.78, 5) is 12.5. The molecule has 0 rings (SSSR count). The van der Waals surface area contributed by atoms with E-state index in [0.29, 0.717) is 6.42 Å². The largest absolute Gasteiger partial charge is 0.394 e. The minimum Gasteiger partial charge on any atom is -0.394 e. The summed E-state index contributed by atoms with van der Waals surface area (Å²) in [6.07, 6.45) is 96.9. The molecule has 0 fully saturated rings. The lowest BCUT2D eigenvalue weighted by Gasteiger charge is -2.19. The van der Waals surface area contributed by atoms with E-state index in [4.69, 9.17) is 0 Å². The van der Waals surface area contributed by atoms with Crippen LogP contribution >= 0.6 is 0 Å². The lowest BCUT2D eigenvalue weighted by Crippen LogP contribution is -2.45. The number of aliphatic hydroxyl groups excluding tert-OH is 2. The van der Waals surface area contributed by atoms with Gasteiger partial charge in [-0.05, 0) is 44.9 Å². The third-order valence-corrected chi connectivity index (χ3v) is 17.1. The number of allylic oxidation sites excluding steroid dienone is 5. The van der Waals surface area contributed by atoms with Gasteiger partial charge in [0.2, 0.25) is 5.91 Å². The number of carbonyl (C=O) groups is 1. The summed E-state index contributed by atoms with van der Waals surface area (Å²) in [7, 11) is 0. The van der Waals surface area contributed by atoms with Crippen molar-refractivity contribution in [2.45, 2.75) is 424 Å². The first kappa shape index (κ1) is 76.6. The van der Waals surface area contributed by atoms with Gasteiger partial charge in [-0.2, -0.15) is 0 Å². The molecular weight excluding hydrogens is 951 g/mol. The molecule has 2 atom stereocenters. The second-order valence-electron chi connectivity index (χ2n) is 25.0. The Morgan fingerprint density at radius 2 is 0.500 bits per heavy atom. The monoisotopic (exact) mass is 1090 g/mol. The molecule has 0 saturated heterocycles. The average molecular weight is 1090 g/mol. The van der Waals surface area contributed by atoms with Crippen LogP contribution in [0.25, 0.3) is 0 Å². The molecule has 4 nitrogen and oxygen atoms in total. The van der Waals surface area contributed by atoms with E-state index in [9.17, 15) is 15.0 Å². The van der Waals surface area contributed by atoms with Gasteiger partial charge in [0.1, 0.15) is 0 Å². The van der Waals surface area contributed by atoms with Crippen LogP contribution in [-0.2, 0) is 4.79 Å².